The number of aliphatic hydroxyl groups is 1. The second-order valence-electron chi connectivity index (χ2n) is 6.54. The van der Waals surface area contributed by atoms with Crippen molar-refractivity contribution < 1.29 is 19.6 Å². The van der Waals surface area contributed by atoms with Crippen LogP contribution < -0.4 is 11.0 Å². The summed E-state index contributed by atoms with van der Waals surface area (Å²) in [5, 5.41) is 33.3. The summed E-state index contributed by atoms with van der Waals surface area (Å²) in [6.45, 7) is 1.18. The Hall–Kier alpha value is -3.05. The van der Waals surface area contributed by atoms with Gasteiger partial charge in [0.05, 0.1) is 29.2 Å². The molecule has 1 heterocycles. The number of nitriles is 1. The molecule has 0 radical (unpaired) electrons. The average molecular weight is 538 g/mol. The number of ether oxygens (including phenoxy) is 1. The van der Waals surface area contributed by atoms with Gasteiger partial charge in [0, 0.05) is 40.2 Å². The fourth-order valence-corrected chi connectivity index (χ4v) is 4.12. The Morgan fingerprint density at radius 3 is 2.85 bits per heavy atom. The molecule has 0 atom stereocenters. The molecule has 2 rings (SSSR count). The van der Waals surface area contributed by atoms with Crippen LogP contribution in [0.15, 0.2) is 37.5 Å². The molecule has 1 aromatic heterocycles. The number of carbonyl (C=O) groups excluding carboxylic acids is 1. The predicted octanol–water partition coefficient (Wildman–Crippen LogP) is 2.08. The number of nitro benzene ring substituents is 1. The van der Waals surface area contributed by atoms with Crippen LogP contribution in [0.1, 0.15) is 22.4 Å². The summed E-state index contributed by atoms with van der Waals surface area (Å²) in [7, 11) is 1.44. The number of hydrogen-bond acceptors (Lipinski definition) is 9. The van der Waals surface area contributed by atoms with E-state index in [0.29, 0.717) is 31.9 Å². The number of carbonyl (C=O) groups is 1. The maximum absolute atomic E-state index is 12.7. The molecule has 33 heavy (non-hydrogen) atoms. The Morgan fingerprint density at radius 2 is 2.24 bits per heavy atom. The molecule has 0 bridgehead atoms. The lowest BCUT2D eigenvalue weighted by Gasteiger charge is -2.15. The van der Waals surface area contributed by atoms with Crippen LogP contribution in [-0.2, 0) is 22.7 Å². The van der Waals surface area contributed by atoms with Gasteiger partial charge in [-0.05, 0) is 28.9 Å². The van der Waals surface area contributed by atoms with E-state index < -0.39 is 16.4 Å². The van der Waals surface area contributed by atoms with Crippen LogP contribution in [0.2, 0.25) is 0 Å². The summed E-state index contributed by atoms with van der Waals surface area (Å²) in [4.78, 5) is 36.1. The first-order valence-electron chi connectivity index (χ1n) is 9.39. The Labute approximate surface area is 201 Å². The van der Waals surface area contributed by atoms with E-state index in [1.54, 1.807) is 13.0 Å². The monoisotopic (exact) mass is 537 g/mol. The van der Waals surface area contributed by atoms with Crippen molar-refractivity contribution in [3.05, 3.63) is 65.5 Å². The van der Waals surface area contributed by atoms with Gasteiger partial charge < -0.3 is 14.4 Å². The van der Waals surface area contributed by atoms with Crippen LogP contribution >= 0.6 is 27.7 Å². The van der Waals surface area contributed by atoms with E-state index in [2.05, 4.69) is 26.5 Å². The Bertz CT molecular complexity index is 1190. The molecule has 0 aliphatic heterocycles. The average Bonchev–Trinajstić information content (AvgIpc) is 2.79. The molecule has 2 aromatic rings. The molecular formula is C20H20BrN5O6S. The highest BCUT2D eigenvalue weighted by Gasteiger charge is 2.19. The van der Waals surface area contributed by atoms with Gasteiger partial charge in [-0.1, -0.05) is 6.07 Å². The van der Waals surface area contributed by atoms with Gasteiger partial charge in [-0.25, -0.2) is 5.43 Å². The molecule has 0 aliphatic rings. The molecule has 0 spiro atoms. The van der Waals surface area contributed by atoms with Gasteiger partial charge >= 0.3 is 0 Å². The van der Waals surface area contributed by atoms with Crippen molar-refractivity contribution >= 4 is 45.5 Å². The summed E-state index contributed by atoms with van der Waals surface area (Å²) in [5.74, 6) is -0.310. The van der Waals surface area contributed by atoms with Gasteiger partial charge in [0.25, 0.3) is 17.2 Å². The molecule has 0 saturated carbocycles. The van der Waals surface area contributed by atoms with Crippen molar-refractivity contribution in [3.63, 3.8) is 0 Å². The molecule has 11 nitrogen and oxygen atoms in total. The third-order valence-corrected chi connectivity index (χ3v) is 6.48. The minimum atomic E-state index is -0.629. The van der Waals surface area contributed by atoms with Crippen molar-refractivity contribution in [2.45, 2.75) is 25.0 Å². The number of rotatable bonds is 10. The minimum Gasteiger partial charge on any atom is -0.396 e. The van der Waals surface area contributed by atoms with Crippen LogP contribution in [0.4, 0.5) is 5.69 Å². The van der Waals surface area contributed by atoms with Gasteiger partial charge in [-0.15, -0.1) is 11.8 Å². The van der Waals surface area contributed by atoms with Crippen molar-refractivity contribution in [2.75, 3.05) is 19.5 Å². The van der Waals surface area contributed by atoms with Crippen LogP contribution in [0.3, 0.4) is 0 Å². The molecular weight excluding hydrogens is 518 g/mol. The zero-order chi connectivity index (χ0) is 24.5. The molecule has 13 heteroatoms. The lowest BCUT2D eigenvalue weighted by atomic mass is 10.1. The number of nitrogens with one attached hydrogen (secondary N) is 1. The number of hydrazone groups is 1. The maximum atomic E-state index is 12.7. The lowest BCUT2D eigenvalue weighted by Crippen LogP contribution is -2.33. The number of pyridine rings is 1. The van der Waals surface area contributed by atoms with Gasteiger partial charge in [0.15, 0.2) is 0 Å². The van der Waals surface area contributed by atoms with Crippen LogP contribution in [0.25, 0.3) is 0 Å². The topological polar surface area (TPSA) is 160 Å². The lowest BCUT2D eigenvalue weighted by molar-refractivity contribution is -0.387. The largest absolute Gasteiger partial charge is 0.396 e. The normalized spacial score (nSPS) is 10.9. The number of aliphatic hydroxyl groups excluding tert-OH is 1. The van der Waals surface area contributed by atoms with E-state index in [9.17, 15) is 25.0 Å². The summed E-state index contributed by atoms with van der Waals surface area (Å²) < 4.78 is 6.68. The third-order valence-electron chi connectivity index (χ3n) is 4.38. The molecule has 174 valence electrons. The molecule has 1 amide bonds. The zero-order valence-electron chi connectivity index (χ0n) is 17.7. The molecule has 1 aromatic carbocycles. The number of aromatic nitrogens is 1. The van der Waals surface area contributed by atoms with Gasteiger partial charge in [-0.3, -0.25) is 19.7 Å². The Morgan fingerprint density at radius 1 is 1.52 bits per heavy atom. The summed E-state index contributed by atoms with van der Waals surface area (Å²) in [6.07, 6.45) is 1.24. The van der Waals surface area contributed by atoms with Gasteiger partial charge in [-0.2, -0.15) is 10.4 Å². The number of halogens is 1. The number of hydrogen-bond donors (Lipinski definition) is 2. The van der Waals surface area contributed by atoms with E-state index in [0.717, 1.165) is 16.3 Å². The van der Waals surface area contributed by atoms with Crippen molar-refractivity contribution in [3.8, 4) is 6.07 Å². The second kappa shape index (κ2) is 12.3. The van der Waals surface area contributed by atoms with Gasteiger partial charge in [0.1, 0.15) is 18.2 Å². The number of nitro groups is 1. The van der Waals surface area contributed by atoms with E-state index in [1.165, 1.54) is 25.5 Å². The molecule has 0 aliphatic carbocycles. The summed E-state index contributed by atoms with van der Waals surface area (Å²) >= 11 is 4.50. The smallest absolute Gasteiger partial charge is 0.283 e. The number of benzene rings is 1. The third kappa shape index (κ3) is 6.48. The van der Waals surface area contributed by atoms with E-state index >= 15 is 0 Å². The van der Waals surface area contributed by atoms with Crippen molar-refractivity contribution in [2.24, 2.45) is 5.10 Å². The fraction of sp³-hybridized carbons (Fsp3) is 0.300. The first kappa shape index (κ1) is 26.2. The first-order chi connectivity index (χ1) is 15.7. The predicted molar refractivity (Wildman–Crippen MR) is 125 cm³/mol. The van der Waals surface area contributed by atoms with Gasteiger partial charge in [0.2, 0.25) is 0 Å². The molecule has 0 fully saturated rings. The highest BCUT2D eigenvalue weighted by atomic mass is 79.9. The van der Waals surface area contributed by atoms with Crippen molar-refractivity contribution in [1.29, 1.82) is 5.26 Å². The Kier molecular flexibility index (Phi) is 9.74. The SMILES string of the molecule is COCc1c(Br)c(C)n(CC(=O)NN=Cc2ccc(SCCO)c([N+](=O)[O-])c2)c(=O)c1C#N. The maximum Gasteiger partial charge on any atom is 0.283 e. The van der Waals surface area contributed by atoms with Crippen LogP contribution in [0, 0.1) is 28.4 Å². The number of methoxy groups -OCH3 is 1. The standard InChI is InChI=1S/C20H20BrN5O6S/c1-12-19(21)15(11-32-2)14(8-22)20(29)25(12)10-18(28)24-23-9-13-3-4-17(33-6-5-27)16(7-13)26(30)31/h3-4,7,9,27H,5-6,10-11H2,1-2H3,(H,24,28). The summed E-state index contributed by atoms with van der Waals surface area (Å²) in [6, 6.07) is 6.27. The minimum absolute atomic E-state index is 0.0559. The van der Waals surface area contributed by atoms with E-state index in [1.807, 2.05) is 6.07 Å². The molecule has 0 saturated heterocycles. The van der Waals surface area contributed by atoms with E-state index in [4.69, 9.17) is 9.84 Å². The van der Waals surface area contributed by atoms with Crippen LogP contribution in [0.5, 0.6) is 0 Å². The zero-order valence-corrected chi connectivity index (χ0v) is 20.1. The highest BCUT2D eigenvalue weighted by Crippen LogP contribution is 2.29. The number of thioether (sulfide) groups is 1. The highest BCUT2D eigenvalue weighted by molar-refractivity contribution is 9.10. The first-order valence-corrected chi connectivity index (χ1v) is 11.2. The Balaban J connectivity index is 2.19. The number of nitrogens with zero attached hydrogens (tertiary/aromatic N) is 4. The molecule has 0 unspecified atom stereocenters. The summed E-state index contributed by atoms with van der Waals surface area (Å²) in [5.41, 5.74) is 2.59. The molecule has 2 N–H and O–H groups in total. The quantitative estimate of drug-likeness (QED) is 0.201. The van der Waals surface area contributed by atoms with Crippen molar-refractivity contribution in [1.82, 2.24) is 9.99 Å². The number of amides is 1. The fourth-order valence-electron chi connectivity index (χ4n) is 2.84. The van der Waals surface area contributed by atoms with Crippen LogP contribution in [-0.4, -0.2) is 46.2 Å². The van der Waals surface area contributed by atoms with E-state index in [-0.39, 0.29) is 31.0 Å². The second-order valence-corrected chi connectivity index (χ2v) is 8.47.